The summed E-state index contributed by atoms with van der Waals surface area (Å²) in [6.45, 7) is 0.171. The maximum atomic E-state index is 13.8. The molecule has 0 bridgehead atoms. The van der Waals surface area contributed by atoms with Crippen molar-refractivity contribution in [2.75, 3.05) is 7.11 Å². The van der Waals surface area contributed by atoms with Gasteiger partial charge in [-0.3, -0.25) is 0 Å². The fourth-order valence-electron chi connectivity index (χ4n) is 1.52. The molecule has 18 heavy (non-hydrogen) atoms. The molecule has 0 aliphatic carbocycles. The van der Waals surface area contributed by atoms with Crippen LogP contribution in [-0.4, -0.2) is 7.11 Å². The Labute approximate surface area is 113 Å². The Hall–Kier alpha value is -1.55. The highest BCUT2D eigenvalue weighted by molar-refractivity contribution is 9.10. The number of benzene rings is 2. The minimum Gasteiger partial charge on any atom is -0.494 e. The lowest BCUT2D eigenvalue weighted by atomic mass is 10.2. The van der Waals surface area contributed by atoms with Crippen LogP contribution in [-0.2, 0) is 6.61 Å². The van der Waals surface area contributed by atoms with Crippen molar-refractivity contribution in [3.63, 3.8) is 0 Å². The van der Waals surface area contributed by atoms with Gasteiger partial charge < -0.3 is 9.47 Å². The average molecular weight is 311 g/mol. The number of halogens is 2. The summed E-state index contributed by atoms with van der Waals surface area (Å²) in [5, 5.41) is 0. The second kappa shape index (κ2) is 5.87. The molecule has 0 saturated heterocycles. The van der Waals surface area contributed by atoms with Crippen molar-refractivity contribution in [1.29, 1.82) is 0 Å². The van der Waals surface area contributed by atoms with Gasteiger partial charge in [0.15, 0.2) is 11.6 Å². The maximum Gasteiger partial charge on any atom is 0.171 e. The van der Waals surface area contributed by atoms with E-state index < -0.39 is 0 Å². The minimum absolute atomic E-state index is 0.171. The zero-order valence-corrected chi connectivity index (χ0v) is 11.4. The smallest absolute Gasteiger partial charge is 0.171 e. The molecule has 0 aromatic heterocycles. The van der Waals surface area contributed by atoms with E-state index >= 15 is 0 Å². The second-order valence-corrected chi connectivity index (χ2v) is 4.59. The molecule has 4 heteroatoms. The summed E-state index contributed by atoms with van der Waals surface area (Å²) in [7, 11) is 1.44. The second-order valence-electron chi connectivity index (χ2n) is 3.68. The molecule has 0 amide bonds. The highest BCUT2D eigenvalue weighted by atomic mass is 79.9. The van der Waals surface area contributed by atoms with Gasteiger partial charge in [-0.15, -0.1) is 0 Å². The topological polar surface area (TPSA) is 18.5 Å². The number of methoxy groups -OCH3 is 1. The van der Waals surface area contributed by atoms with E-state index in [4.69, 9.17) is 9.47 Å². The molecule has 0 radical (unpaired) electrons. The van der Waals surface area contributed by atoms with Gasteiger partial charge in [-0.1, -0.05) is 28.1 Å². The quantitative estimate of drug-likeness (QED) is 0.843. The van der Waals surface area contributed by atoms with Crippen LogP contribution in [0.25, 0.3) is 0 Å². The maximum absolute atomic E-state index is 13.8. The fraction of sp³-hybridized carbons (Fsp3) is 0.143. The number of rotatable bonds is 4. The van der Waals surface area contributed by atoms with Crippen molar-refractivity contribution in [1.82, 2.24) is 0 Å². The number of hydrogen-bond donors (Lipinski definition) is 0. The van der Waals surface area contributed by atoms with E-state index in [0.29, 0.717) is 11.3 Å². The summed E-state index contributed by atoms with van der Waals surface area (Å²) in [6, 6.07) is 12.4. The zero-order valence-electron chi connectivity index (χ0n) is 9.82. The SMILES string of the molecule is COc1cccc(COc2ccc(Br)cc2)c1F. The number of hydrogen-bond acceptors (Lipinski definition) is 2. The normalized spacial score (nSPS) is 10.2. The van der Waals surface area contributed by atoms with Crippen LogP contribution in [0.1, 0.15) is 5.56 Å². The molecule has 2 nitrogen and oxygen atoms in total. The zero-order chi connectivity index (χ0) is 13.0. The molecule has 2 rings (SSSR count). The van der Waals surface area contributed by atoms with Gasteiger partial charge in [0.1, 0.15) is 12.4 Å². The Balaban J connectivity index is 2.08. The summed E-state index contributed by atoms with van der Waals surface area (Å²) in [5.74, 6) is 0.546. The Bertz CT molecular complexity index is 526. The van der Waals surface area contributed by atoms with Crippen molar-refractivity contribution < 1.29 is 13.9 Å². The van der Waals surface area contributed by atoms with Crippen molar-refractivity contribution in [2.45, 2.75) is 6.61 Å². The first kappa shape index (κ1) is 12.9. The van der Waals surface area contributed by atoms with E-state index in [1.54, 1.807) is 18.2 Å². The van der Waals surface area contributed by atoms with Gasteiger partial charge in [-0.05, 0) is 30.3 Å². The minimum atomic E-state index is -0.378. The van der Waals surface area contributed by atoms with Crippen molar-refractivity contribution >= 4 is 15.9 Å². The van der Waals surface area contributed by atoms with E-state index in [-0.39, 0.29) is 18.2 Å². The summed E-state index contributed by atoms with van der Waals surface area (Å²) in [5.41, 5.74) is 0.470. The molecule has 0 atom stereocenters. The van der Waals surface area contributed by atoms with Gasteiger partial charge in [-0.2, -0.15) is 0 Å². The van der Waals surface area contributed by atoms with Gasteiger partial charge >= 0.3 is 0 Å². The number of ether oxygens (including phenoxy) is 2. The summed E-state index contributed by atoms with van der Waals surface area (Å²) >= 11 is 3.34. The van der Waals surface area contributed by atoms with Gasteiger partial charge in [0, 0.05) is 10.0 Å². The van der Waals surface area contributed by atoms with Crippen LogP contribution in [0, 0.1) is 5.82 Å². The first-order valence-electron chi connectivity index (χ1n) is 5.40. The van der Waals surface area contributed by atoms with E-state index in [2.05, 4.69) is 15.9 Å². The lowest BCUT2D eigenvalue weighted by molar-refractivity contribution is 0.295. The lowest BCUT2D eigenvalue weighted by Gasteiger charge is -2.09. The molecule has 0 heterocycles. The standard InChI is InChI=1S/C14H12BrFO2/c1-17-13-4-2-3-10(14(13)16)9-18-12-7-5-11(15)6-8-12/h2-8H,9H2,1H3. The first-order valence-corrected chi connectivity index (χ1v) is 6.20. The molecule has 0 unspecified atom stereocenters. The predicted molar refractivity (Wildman–Crippen MR) is 71.4 cm³/mol. The van der Waals surface area contributed by atoms with Crippen LogP contribution in [0.2, 0.25) is 0 Å². The molecule has 0 spiro atoms. The van der Waals surface area contributed by atoms with Crippen LogP contribution in [0.3, 0.4) is 0 Å². The van der Waals surface area contributed by atoms with Gasteiger partial charge in [0.25, 0.3) is 0 Å². The first-order chi connectivity index (χ1) is 8.70. The largest absolute Gasteiger partial charge is 0.494 e. The summed E-state index contributed by atoms with van der Waals surface area (Å²) in [6.07, 6.45) is 0. The van der Waals surface area contributed by atoms with E-state index in [1.165, 1.54) is 7.11 Å². The molecular weight excluding hydrogens is 299 g/mol. The fourth-order valence-corrected chi connectivity index (χ4v) is 1.78. The van der Waals surface area contributed by atoms with E-state index in [0.717, 1.165) is 4.47 Å². The molecule has 94 valence electrons. The Kier molecular flexibility index (Phi) is 4.20. The Morgan fingerprint density at radius 2 is 1.83 bits per heavy atom. The molecule has 2 aromatic rings. The highest BCUT2D eigenvalue weighted by Gasteiger charge is 2.08. The third kappa shape index (κ3) is 3.01. The van der Waals surface area contributed by atoms with Crippen molar-refractivity contribution in [2.24, 2.45) is 0 Å². The Morgan fingerprint density at radius 1 is 1.11 bits per heavy atom. The molecule has 0 saturated carbocycles. The van der Waals surface area contributed by atoms with E-state index in [1.807, 2.05) is 24.3 Å². The van der Waals surface area contributed by atoms with Gasteiger partial charge in [0.2, 0.25) is 0 Å². The van der Waals surface area contributed by atoms with Gasteiger partial charge in [-0.25, -0.2) is 4.39 Å². The molecule has 2 aromatic carbocycles. The van der Waals surface area contributed by atoms with E-state index in [9.17, 15) is 4.39 Å². The van der Waals surface area contributed by atoms with Crippen LogP contribution in [0.15, 0.2) is 46.9 Å². The molecule has 0 aliphatic rings. The van der Waals surface area contributed by atoms with Crippen LogP contribution >= 0.6 is 15.9 Å². The van der Waals surface area contributed by atoms with Crippen molar-refractivity contribution in [3.8, 4) is 11.5 Å². The molecule has 0 fully saturated rings. The molecule has 0 N–H and O–H groups in total. The molecule has 0 aliphatic heterocycles. The average Bonchev–Trinajstić information content (AvgIpc) is 2.39. The van der Waals surface area contributed by atoms with Crippen LogP contribution in [0.4, 0.5) is 4.39 Å². The Morgan fingerprint density at radius 3 is 2.50 bits per heavy atom. The monoisotopic (exact) mass is 310 g/mol. The highest BCUT2D eigenvalue weighted by Crippen LogP contribution is 2.22. The van der Waals surface area contributed by atoms with Gasteiger partial charge in [0.05, 0.1) is 7.11 Å². The van der Waals surface area contributed by atoms with Crippen LogP contribution < -0.4 is 9.47 Å². The third-order valence-electron chi connectivity index (χ3n) is 2.47. The van der Waals surface area contributed by atoms with Crippen LogP contribution in [0.5, 0.6) is 11.5 Å². The lowest BCUT2D eigenvalue weighted by Crippen LogP contribution is -2.00. The predicted octanol–water partition coefficient (Wildman–Crippen LogP) is 4.18. The third-order valence-corrected chi connectivity index (χ3v) is 3.00. The summed E-state index contributed by atoms with van der Waals surface area (Å²) in [4.78, 5) is 0. The molecular formula is C14H12BrFO2. The summed E-state index contributed by atoms with van der Waals surface area (Å²) < 4.78 is 25.2. The van der Waals surface area contributed by atoms with Crippen molar-refractivity contribution in [3.05, 3.63) is 58.3 Å².